The van der Waals surface area contributed by atoms with Gasteiger partial charge >= 0.3 is 0 Å². The number of rotatable bonds is 6. The summed E-state index contributed by atoms with van der Waals surface area (Å²) in [4.78, 5) is 21.8. The van der Waals surface area contributed by atoms with Gasteiger partial charge in [0.1, 0.15) is 11.5 Å². The third-order valence-corrected chi connectivity index (χ3v) is 2.77. The standard InChI is InChI=1S/C14H14N2O5/c1-10-7-11(16(18)19)4-5-13(10)21-9-14(17)15-8-12-3-2-6-20-12/h2-7H,8-9H2,1H3,(H,15,17). The fraction of sp³-hybridized carbons (Fsp3) is 0.214. The highest BCUT2D eigenvalue weighted by Gasteiger charge is 2.10. The Bertz CT molecular complexity index is 637. The zero-order chi connectivity index (χ0) is 15.2. The van der Waals surface area contributed by atoms with Gasteiger partial charge < -0.3 is 14.5 Å². The van der Waals surface area contributed by atoms with E-state index in [2.05, 4.69) is 5.32 Å². The molecule has 21 heavy (non-hydrogen) atoms. The Hall–Kier alpha value is -2.83. The number of nitrogens with one attached hydrogen (secondary N) is 1. The molecule has 1 aromatic heterocycles. The van der Waals surface area contributed by atoms with E-state index in [4.69, 9.17) is 9.15 Å². The summed E-state index contributed by atoms with van der Waals surface area (Å²) in [5, 5.41) is 13.3. The molecule has 0 aliphatic rings. The molecule has 0 aliphatic carbocycles. The van der Waals surface area contributed by atoms with Gasteiger partial charge in [-0.2, -0.15) is 0 Å². The average Bonchev–Trinajstić information content (AvgIpc) is 2.97. The molecular formula is C14H14N2O5. The number of amides is 1. The van der Waals surface area contributed by atoms with Crippen molar-refractivity contribution >= 4 is 11.6 Å². The summed E-state index contributed by atoms with van der Waals surface area (Å²) in [6.07, 6.45) is 1.53. The Labute approximate surface area is 120 Å². The van der Waals surface area contributed by atoms with Crippen LogP contribution in [0.25, 0.3) is 0 Å². The fourth-order valence-electron chi connectivity index (χ4n) is 1.70. The molecule has 1 aromatic carbocycles. The Morgan fingerprint density at radius 3 is 2.86 bits per heavy atom. The van der Waals surface area contributed by atoms with E-state index in [0.29, 0.717) is 17.1 Å². The highest BCUT2D eigenvalue weighted by Crippen LogP contribution is 2.23. The van der Waals surface area contributed by atoms with Crippen molar-refractivity contribution < 1.29 is 18.9 Å². The van der Waals surface area contributed by atoms with E-state index in [0.717, 1.165) is 0 Å². The average molecular weight is 290 g/mol. The highest BCUT2D eigenvalue weighted by molar-refractivity contribution is 5.77. The lowest BCUT2D eigenvalue weighted by atomic mass is 10.2. The molecule has 7 heteroatoms. The number of nitro groups is 1. The lowest BCUT2D eigenvalue weighted by molar-refractivity contribution is -0.384. The number of furan rings is 1. The Balaban J connectivity index is 1.85. The number of non-ortho nitro benzene ring substituents is 1. The number of nitro benzene ring substituents is 1. The SMILES string of the molecule is Cc1cc([N+](=O)[O-])ccc1OCC(=O)NCc1ccco1. The molecule has 0 spiro atoms. The van der Waals surface area contributed by atoms with Crippen molar-refractivity contribution in [2.24, 2.45) is 0 Å². The van der Waals surface area contributed by atoms with Crippen LogP contribution in [0.1, 0.15) is 11.3 Å². The maximum atomic E-state index is 11.6. The molecule has 1 amide bonds. The summed E-state index contributed by atoms with van der Waals surface area (Å²) in [6.45, 7) is 1.80. The summed E-state index contributed by atoms with van der Waals surface area (Å²) in [5.41, 5.74) is 0.588. The molecule has 0 saturated heterocycles. The van der Waals surface area contributed by atoms with Crippen LogP contribution in [0.2, 0.25) is 0 Å². The third-order valence-electron chi connectivity index (χ3n) is 2.77. The van der Waals surface area contributed by atoms with Crippen LogP contribution in [-0.2, 0) is 11.3 Å². The minimum atomic E-state index is -0.479. The van der Waals surface area contributed by atoms with Crippen LogP contribution in [0.5, 0.6) is 5.75 Å². The molecule has 1 heterocycles. The molecule has 7 nitrogen and oxygen atoms in total. The maximum Gasteiger partial charge on any atom is 0.269 e. The van der Waals surface area contributed by atoms with Crippen molar-refractivity contribution in [3.63, 3.8) is 0 Å². The van der Waals surface area contributed by atoms with Crippen molar-refractivity contribution in [3.8, 4) is 5.75 Å². The van der Waals surface area contributed by atoms with Gasteiger partial charge in [-0.3, -0.25) is 14.9 Å². The van der Waals surface area contributed by atoms with Crippen LogP contribution in [0.4, 0.5) is 5.69 Å². The van der Waals surface area contributed by atoms with E-state index >= 15 is 0 Å². The molecule has 0 saturated carbocycles. The molecule has 0 unspecified atom stereocenters. The normalized spacial score (nSPS) is 10.1. The first kappa shape index (κ1) is 14.6. The fourth-order valence-corrected chi connectivity index (χ4v) is 1.70. The molecule has 2 rings (SSSR count). The van der Waals surface area contributed by atoms with Gasteiger partial charge in [0.05, 0.1) is 17.7 Å². The van der Waals surface area contributed by atoms with Gasteiger partial charge in [0.15, 0.2) is 6.61 Å². The lowest BCUT2D eigenvalue weighted by Crippen LogP contribution is -2.28. The van der Waals surface area contributed by atoms with E-state index in [1.165, 1.54) is 24.5 Å². The van der Waals surface area contributed by atoms with Crippen LogP contribution in [-0.4, -0.2) is 17.4 Å². The van der Waals surface area contributed by atoms with Crippen LogP contribution in [0.15, 0.2) is 41.0 Å². The number of ether oxygens (including phenoxy) is 1. The number of aryl methyl sites for hydroxylation is 1. The quantitative estimate of drug-likeness (QED) is 0.650. The van der Waals surface area contributed by atoms with E-state index in [1.807, 2.05) is 0 Å². The Morgan fingerprint density at radius 2 is 2.24 bits per heavy atom. The summed E-state index contributed by atoms with van der Waals surface area (Å²) < 4.78 is 10.4. The summed E-state index contributed by atoms with van der Waals surface area (Å²) >= 11 is 0. The second kappa shape index (κ2) is 6.56. The van der Waals surface area contributed by atoms with Gasteiger partial charge in [0, 0.05) is 12.1 Å². The van der Waals surface area contributed by atoms with Gasteiger partial charge in [0.2, 0.25) is 0 Å². The van der Waals surface area contributed by atoms with Crippen LogP contribution in [0, 0.1) is 17.0 Å². The minimum Gasteiger partial charge on any atom is -0.484 e. The van der Waals surface area contributed by atoms with Crippen molar-refractivity contribution in [3.05, 3.63) is 58.0 Å². The second-order valence-corrected chi connectivity index (χ2v) is 4.35. The van der Waals surface area contributed by atoms with Crippen molar-refractivity contribution in [1.82, 2.24) is 5.32 Å². The van der Waals surface area contributed by atoms with Crippen LogP contribution >= 0.6 is 0 Å². The Kier molecular flexibility index (Phi) is 4.55. The molecule has 110 valence electrons. The number of benzene rings is 1. The molecule has 0 atom stereocenters. The number of carbonyl (C=O) groups is 1. The first-order valence-corrected chi connectivity index (χ1v) is 6.23. The van der Waals surface area contributed by atoms with E-state index < -0.39 is 4.92 Å². The zero-order valence-electron chi connectivity index (χ0n) is 11.4. The minimum absolute atomic E-state index is 0.0119. The lowest BCUT2D eigenvalue weighted by Gasteiger charge is -2.08. The number of hydrogen-bond donors (Lipinski definition) is 1. The monoisotopic (exact) mass is 290 g/mol. The largest absolute Gasteiger partial charge is 0.484 e. The second-order valence-electron chi connectivity index (χ2n) is 4.35. The number of nitrogens with zero attached hydrogens (tertiary/aromatic N) is 1. The predicted octanol–water partition coefficient (Wildman–Crippen LogP) is 2.19. The first-order valence-electron chi connectivity index (χ1n) is 6.23. The van der Waals surface area contributed by atoms with Crippen molar-refractivity contribution in [2.45, 2.75) is 13.5 Å². The van der Waals surface area contributed by atoms with Gasteiger partial charge in [-0.15, -0.1) is 0 Å². The molecule has 0 bridgehead atoms. The topological polar surface area (TPSA) is 94.6 Å². The van der Waals surface area contributed by atoms with Gasteiger partial charge in [0.25, 0.3) is 11.6 Å². The van der Waals surface area contributed by atoms with E-state index in [1.54, 1.807) is 19.1 Å². The summed E-state index contributed by atoms with van der Waals surface area (Å²) in [5.74, 6) is 0.785. The molecule has 0 fully saturated rings. The molecule has 2 aromatic rings. The molecule has 1 N–H and O–H groups in total. The summed E-state index contributed by atoms with van der Waals surface area (Å²) in [7, 11) is 0. The van der Waals surface area contributed by atoms with Crippen molar-refractivity contribution in [1.29, 1.82) is 0 Å². The third kappa shape index (κ3) is 4.07. The van der Waals surface area contributed by atoms with Gasteiger partial charge in [-0.25, -0.2) is 0 Å². The maximum absolute atomic E-state index is 11.6. The number of carbonyl (C=O) groups excluding carboxylic acids is 1. The molecule has 0 aliphatic heterocycles. The van der Waals surface area contributed by atoms with E-state index in [9.17, 15) is 14.9 Å². The van der Waals surface area contributed by atoms with E-state index in [-0.39, 0.29) is 24.7 Å². The molecule has 0 radical (unpaired) electrons. The van der Waals surface area contributed by atoms with Crippen LogP contribution in [0.3, 0.4) is 0 Å². The predicted molar refractivity (Wildman–Crippen MR) is 73.9 cm³/mol. The van der Waals surface area contributed by atoms with Crippen molar-refractivity contribution in [2.75, 3.05) is 6.61 Å². The smallest absolute Gasteiger partial charge is 0.269 e. The summed E-state index contributed by atoms with van der Waals surface area (Å²) in [6, 6.07) is 7.70. The molecular weight excluding hydrogens is 276 g/mol. The number of hydrogen-bond acceptors (Lipinski definition) is 5. The van der Waals surface area contributed by atoms with Crippen LogP contribution < -0.4 is 10.1 Å². The Morgan fingerprint density at radius 1 is 1.43 bits per heavy atom. The highest BCUT2D eigenvalue weighted by atomic mass is 16.6. The van der Waals surface area contributed by atoms with Gasteiger partial charge in [-0.05, 0) is 30.7 Å². The van der Waals surface area contributed by atoms with Gasteiger partial charge in [-0.1, -0.05) is 0 Å². The first-order chi connectivity index (χ1) is 10.1. The zero-order valence-corrected chi connectivity index (χ0v) is 11.4.